The number of methoxy groups -OCH3 is 1. The first-order valence-corrected chi connectivity index (χ1v) is 8.97. The van der Waals surface area contributed by atoms with Crippen LogP contribution in [0.25, 0.3) is 0 Å². The minimum absolute atomic E-state index is 0. The zero-order valence-corrected chi connectivity index (χ0v) is 19.2. The summed E-state index contributed by atoms with van der Waals surface area (Å²) in [6, 6.07) is 9.10. The van der Waals surface area contributed by atoms with Crippen LogP contribution in [-0.4, -0.2) is 39.1 Å². The van der Waals surface area contributed by atoms with Gasteiger partial charge in [-0.3, -0.25) is 9.79 Å². The maximum atomic E-state index is 13.2. The van der Waals surface area contributed by atoms with E-state index in [0.717, 1.165) is 12.1 Å². The van der Waals surface area contributed by atoms with Crippen molar-refractivity contribution in [2.24, 2.45) is 4.99 Å². The van der Waals surface area contributed by atoms with Gasteiger partial charge >= 0.3 is 6.18 Å². The van der Waals surface area contributed by atoms with E-state index in [4.69, 9.17) is 4.74 Å². The van der Waals surface area contributed by atoms with Crippen LogP contribution < -0.4 is 20.7 Å². The summed E-state index contributed by atoms with van der Waals surface area (Å²) in [5.41, 5.74) is -0.689. The van der Waals surface area contributed by atoms with Gasteiger partial charge in [0.2, 0.25) is 0 Å². The highest BCUT2D eigenvalue weighted by Gasteiger charge is 2.33. The minimum atomic E-state index is -4.66. The molecule has 0 aliphatic carbocycles. The van der Waals surface area contributed by atoms with Gasteiger partial charge < -0.3 is 20.7 Å². The van der Waals surface area contributed by atoms with E-state index in [0.29, 0.717) is 17.4 Å². The van der Waals surface area contributed by atoms with E-state index in [-0.39, 0.29) is 61.0 Å². The number of ether oxygens (including phenoxy) is 1. The second kappa shape index (κ2) is 12.3. The Balaban J connectivity index is 0.00000480. The van der Waals surface area contributed by atoms with Gasteiger partial charge in [-0.15, -0.1) is 24.0 Å². The van der Waals surface area contributed by atoms with Crippen molar-refractivity contribution in [3.05, 3.63) is 65.0 Å². The molecule has 0 saturated heterocycles. The number of aliphatic imine (C=N–C) groups is 1. The van der Waals surface area contributed by atoms with E-state index in [9.17, 15) is 22.4 Å². The predicted octanol–water partition coefficient (Wildman–Crippen LogP) is 3.57. The molecular formula is C20H23F4IN4O2. The van der Waals surface area contributed by atoms with Crippen LogP contribution in [0.1, 0.15) is 21.5 Å². The summed E-state index contributed by atoms with van der Waals surface area (Å²) in [4.78, 5) is 16.0. The Morgan fingerprint density at radius 2 is 1.68 bits per heavy atom. The highest BCUT2D eigenvalue weighted by atomic mass is 127. The Morgan fingerprint density at radius 1 is 1.03 bits per heavy atom. The molecular weight excluding hydrogens is 531 g/mol. The maximum absolute atomic E-state index is 13.2. The fraction of sp³-hybridized carbons (Fsp3) is 0.300. The molecule has 0 aliphatic heterocycles. The van der Waals surface area contributed by atoms with Gasteiger partial charge in [-0.2, -0.15) is 13.2 Å². The average Bonchev–Trinajstić information content (AvgIpc) is 2.73. The fourth-order valence-electron chi connectivity index (χ4n) is 2.57. The van der Waals surface area contributed by atoms with Crippen LogP contribution >= 0.6 is 24.0 Å². The number of guanidine groups is 1. The molecule has 31 heavy (non-hydrogen) atoms. The molecule has 0 aliphatic rings. The number of hydrogen-bond acceptors (Lipinski definition) is 3. The molecule has 0 fully saturated rings. The van der Waals surface area contributed by atoms with E-state index >= 15 is 0 Å². The highest BCUT2D eigenvalue weighted by Crippen LogP contribution is 2.32. The number of amides is 1. The molecule has 0 atom stereocenters. The van der Waals surface area contributed by atoms with E-state index in [1.165, 1.54) is 14.2 Å². The Kier molecular flexibility index (Phi) is 10.5. The van der Waals surface area contributed by atoms with Crippen LogP contribution in [0.5, 0.6) is 5.75 Å². The second-order valence-electron chi connectivity index (χ2n) is 6.14. The van der Waals surface area contributed by atoms with Crippen LogP contribution in [0.3, 0.4) is 0 Å². The van der Waals surface area contributed by atoms with E-state index in [2.05, 4.69) is 20.9 Å². The molecule has 6 nitrogen and oxygen atoms in total. The quantitative estimate of drug-likeness (QED) is 0.161. The highest BCUT2D eigenvalue weighted by molar-refractivity contribution is 14.0. The lowest BCUT2D eigenvalue weighted by Gasteiger charge is -2.16. The molecule has 2 aromatic carbocycles. The minimum Gasteiger partial charge on any atom is -0.497 e. The monoisotopic (exact) mass is 554 g/mol. The lowest BCUT2D eigenvalue weighted by Crippen LogP contribution is -2.41. The molecule has 0 radical (unpaired) electrons. The number of carbonyl (C=O) groups is 1. The number of rotatable bonds is 7. The first kappa shape index (κ1) is 26.5. The van der Waals surface area contributed by atoms with Crippen LogP contribution in [0, 0.1) is 5.82 Å². The Bertz CT molecular complexity index is 890. The number of nitrogens with zero attached hydrogens (tertiary/aromatic N) is 1. The van der Waals surface area contributed by atoms with Crippen molar-refractivity contribution in [1.29, 1.82) is 0 Å². The van der Waals surface area contributed by atoms with Crippen molar-refractivity contribution in [1.82, 2.24) is 16.0 Å². The molecule has 1 amide bonds. The van der Waals surface area contributed by atoms with Crippen molar-refractivity contribution in [3.8, 4) is 5.75 Å². The molecule has 0 saturated carbocycles. The second-order valence-corrected chi connectivity index (χ2v) is 6.14. The summed E-state index contributed by atoms with van der Waals surface area (Å²) >= 11 is 0. The molecule has 0 unspecified atom stereocenters. The van der Waals surface area contributed by atoms with Crippen molar-refractivity contribution >= 4 is 35.8 Å². The largest absolute Gasteiger partial charge is 0.497 e. The predicted molar refractivity (Wildman–Crippen MR) is 120 cm³/mol. The van der Waals surface area contributed by atoms with Gasteiger partial charge in [-0.1, -0.05) is 6.07 Å². The van der Waals surface area contributed by atoms with E-state index in [1.807, 2.05) is 0 Å². The summed E-state index contributed by atoms with van der Waals surface area (Å²) in [6.07, 6.45) is -4.66. The number of alkyl halides is 3. The molecule has 3 N–H and O–H groups in total. The van der Waals surface area contributed by atoms with Gasteiger partial charge in [0, 0.05) is 32.2 Å². The molecule has 0 bridgehead atoms. The third-order valence-corrected chi connectivity index (χ3v) is 4.10. The maximum Gasteiger partial charge on any atom is 0.416 e. The lowest BCUT2D eigenvalue weighted by atomic mass is 10.1. The standard InChI is InChI=1S/C20H22F4N4O2.HI/c1-25-19(28-12-14-3-6-15(21)11-17(14)20(22,23)24)27-10-9-26-18(29)13-4-7-16(30-2)8-5-13;/h3-8,11H,9-10,12H2,1-2H3,(H,26,29)(H2,25,27,28);1H. The molecule has 0 spiro atoms. The summed E-state index contributed by atoms with van der Waals surface area (Å²) in [5, 5.41) is 8.33. The van der Waals surface area contributed by atoms with Crippen LogP contribution in [0.4, 0.5) is 17.6 Å². The summed E-state index contributed by atoms with van der Waals surface area (Å²) in [5.74, 6) is -0.353. The van der Waals surface area contributed by atoms with Crippen molar-refractivity contribution in [3.63, 3.8) is 0 Å². The Hall–Kier alpha value is -2.57. The van der Waals surface area contributed by atoms with Crippen LogP contribution in [0.2, 0.25) is 0 Å². The van der Waals surface area contributed by atoms with Crippen molar-refractivity contribution < 1.29 is 27.1 Å². The van der Waals surface area contributed by atoms with Gasteiger partial charge in [0.05, 0.1) is 12.7 Å². The number of halogens is 5. The average molecular weight is 554 g/mol. The van der Waals surface area contributed by atoms with Crippen LogP contribution in [0.15, 0.2) is 47.5 Å². The van der Waals surface area contributed by atoms with Crippen LogP contribution in [-0.2, 0) is 12.7 Å². The van der Waals surface area contributed by atoms with Gasteiger partial charge in [0.25, 0.3) is 5.91 Å². The van der Waals surface area contributed by atoms with E-state index in [1.54, 1.807) is 24.3 Å². The molecule has 11 heteroatoms. The topological polar surface area (TPSA) is 74.8 Å². The van der Waals surface area contributed by atoms with Gasteiger partial charge in [0.1, 0.15) is 11.6 Å². The first-order chi connectivity index (χ1) is 14.2. The number of hydrogen-bond donors (Lipinski definition) is 3. The smallest absolute Gasteiger partial charge is 0.416 e. The summed E-state index contributed by atoms with van der Waals surface area (Å²) < 4.78 is 57.4. The normalized spacial score (nSPS) is 11.4. The number of nitrogens with one attached hydrogen (secondary N) is 3. The number of benzene rings is 2. The molecule has 170 valence electrons. The zero-order chi connectivity index (χ0) is 22.1. The summed E-state index contributed by atoms with van der Waals surface area (Å²) in [7, 11) is 2.99. The third kappa shape index (κ3) is 8.23. The van der Waals surface area contributed by atoms with Crippen molar-refractivity contribution in [2.45, 2.75) is 12.7 Å². The van der Waals surface area contributed by atoms with Crippen molar-refractivity contribution in [2.75, 3.05) is 27.2 Å². The van der Waals surface area contributed by atoms with Gasteiger partial charge in [0.15, 0.2) is 5.96 Å². The first-order valence-electron chi connectivity index (χ1n) is 8.97. The fourth-order valence-corrected chi connectivity index (χ4v) is 2.57. The molecule has 2 aromatic rings. The Morgan fingerprint density at radius 3 is 2.26 bits per heavy atom. The van der Waals surface area contributed by atoms with E-state index < -0.39 is 17.6 Å². The zero-order valence-electron chi connectivity index (χ0n) is 16.8. The molecule has 0 aromatic heterocycles. The van der Waals surface area contributed by atoms with Gasteiger partial charge in [-0.25, -0.2) is 4.39 Å². The molecule has 0 heterocycles. The number of carbonyl (C=O) groups excluding carboxylic acids is 1. The molecule has 2 rings (SSSR count). The SMILES string of the molecule is CN=C(NCCNC(=O)c1ccc(OC)cc1)NCc1ccc(F)cc1C(F)(F)F.I. The third-order valence-electron chi connectivity index (χ3n) is 4.10. The lowest BCUT2D eigenvalue weighted by molar-refractivity contribution is -0.138. The van der Waals surface area contributed by atoms with Gasteiger partial charge in [-0.05, 0) is 42.0 Å². The Labute approximate surface area is 194 Å². The summed E-state index contributed by atoms with van der Waals surface area (Å²) in [6.45, 7) is 0.347.